The molecule has 1 aromatic carbocycles. The summed E-state index contributed by atoms with van der Waals surface area (Å²) in [6.45, 7) is 9.65. The molecule has 1 saturated heterocycles. The van der Waals surface area contributed by atoms with Crippen LogP contribution in [0.2, 0.25) is 5.02 Å². The van der Waals surface area contributed by atoms with Gasteiger partial charge in [0.05, 0.1) is 18.6 Å². The van der Waals surface area contributed by atoms with Gasteiger partial charge in [-0.15, -0.1) is 0 Å². The molecule has 0 saturated carbocycles. The average molecular weight is 355 g/mol. The van der Waals surface area contributed by atoms with Crippen molar-refractivity contribution in [1.29, 1.82) is 0 Å². The van der Waals surface area contributed by atoms with E-state index >= 15 is 0 Å². The maximum absolute atomic E-state index is 12.2. The summed E-state index contributed by atoms with van der Waals surface area (Å²) in [5.41, 5.74) is 0.156. The van der Waals surface area contributed by atoms with E-state index in [1.165, 1.54) is 5.06 Å². The average Bonchev–Trinajstić information content (AvgIpc) is 2.66. The van der Waals surface area contributed by atoms with Crippen LogP contribution < -0.4 is 5.32 Å². The van der Waals surface area contributed by atoms with Crippen LogP contribution in [0, 0.1) is 5.41 Å². The molecule has 7 heteroatoms. The van der Waals surface area contributed by atoms with Crippen LogP contribution in [0.25, 0.3) is 0 Å². The van der Waals surface area contributed by atoms with Gasteiger partial charge in [-0.3, -0.25) is 14.9 Å². The third-order valence-corrected chi connectivity index (χ3v) is 3.75. The summed E-state index contributed by atoms with van der Waals surface area (Å²) < 4.78 is 5.19. The Kier molecular flexibility index (Phi) is 5.11. The van der Waals surface area contributed by atoms with E-state index in [1.807, 2.05) is 13.8 Å². The lowest BCUT2D eigenvalue weighted by Crippen LogP contribution is -2.30. The number of nitrogens with one attached hydrogen (secondary N) is 1. The number of hydrogen-bond acceptors (Lipinski definition) is 4. The lowest BCUT2D eigenvalue weighted by atomic mass is 9.95. The van der Waals surface area contributed by atoms with Crippen LogP contribution in [0.4, 0.5) is 10.5 Å². The number of hydrogen-bond donors (Lipinski definition) is 1. The molecule has 0 atom stereocenters. The Morgan fingerprint density at radius 3 is 2.58 bits per heavy atom. The SMILES string of the molecule is CC(C)(C)OC(=O)Nc1ccc(CN2OCC(C)(C)C2=O)c(Cl)c1. The summed E-state index contributed by atoms with van der Waals surface area (Å²) in [7, 11) is 0. The molecule has 0 unspecified atom stereocenters. The van der Waals surface area contributed by atoms with Gasteiger partial charge in [-0.1, -0.05) is 17.7 Å². The fourth-order valence-electron chi connectivity index (χ4n) is 2.14. The number of benzene rings is 1. The van der Waals surface area contributed by atoms with Crippen molar-refractivity contribution < 1.29 is 19.2 Å². The summed E-state index contributed by atoms with van der Waals surface area (Å²) >= 11 is 6.26. The van der Waals surface area contributed by atoms with E-state index in [2.05, 4.69) is 5.32 Å². The molecule has 1 aliphatic heterocycles. The van der Waals surface area contributed by atoms with Crippen LogP contribution in [0.1, 0.15) is 40.2 Å². The van der Waals surface area contributed by atoms with Crippen molar-refractivity contribution in [3.8, 4) is 0 Å². The van der Waals surface area contributed by atoms with Gasteiger partial charge in [0.25, 0.3) is 5.91 Å². The minimum absolute atomic E-state index is 0.0745. The van der Waals surface area contributed by atoms with E-state index in [9.17, 15) is 9.59 Å². The maximum Gasteiger partial charge on any atom is 0.412 e. The molecule has 0 aliphatic carbocycles. The first-order chi connectivity index (χ1) is 11.0. The van der Waals surface area contributed by atoms with Crippen LogP contribution in [0.15, 0.2) is 18.2 Å². The summed E-state index contributed by atoms with van der Waals surface area (Å²) in [6.07, 6.45) is -0.550. The second-order valence-electron chi connectivity index (χ2n) is 7.43. The first-order valence-electron chi connectivity index (χ1n) is 7.71. The Balaban J connectivity index is 2.03. The van der Waals surface area contributed by atoms with Gasteiger partial charge < -0.3 is 4.74 Å². The zero-order valence-electron chi connectivity index (χ0n) is 14.6. The Morgan fingerprint density at radius 2 is 2.08 bits per heavy atom. The lowest BCUT2D eigenvalue weighted by molar-refractivity contribution is -0.165. The number of anilines is 1. The second kappa shape index (κ2) is 6.61. The number of halogens is 1. The van der Waals surface area contributed by atoms with Crippen LogP contribution >= 0.6 is 11.6 Å². The van der Waals surface area contributed by atoms with E-state index in [0.29, 0.717) is 17.3 Å². The number of carbonyl (C=O) groups is 2. The molecular weight excluding hydrogens is 332 g/mol. The van der Waals surface area contributed by atoms with Gasteiger partial charge >= 0.3 is 6.09 Å². The summed E-state index contributed by atoms with van der Waals surface area (Å²) in [5, 5.41) is 4.38. The second-order valence-corrected chi connectivity index (χ2v) is 7.84. The molecule has 24 heavy (non-hydrogen) atoms. The van der Waals surface area contributed by atoms with Gasteiger partial charge in [0, 0.05) is 10.7 Å². The molecule has 132 valence electrons. The van der Waals surface area contributed by atoms with E-state index in [4.69, 9.17) is 21.2 Å². The van der Waals surface area contributed by atoms with Gasteiger partial charge in [0.1, 0.15) is 5.60 Å². The molecule has 0 bridgehead atoms. The van der Waals surface area contributed by atoms with E-state index < -0.39 is 17.1 Å². The van der Waals surface area contributed by atoms with Crippen molar-refractivity contribution >= 4 is 29.3 Å². The molecule has 2 amide bonds. The standard InChI is InChI=1S/C17H23ClN2O4/c1-16(2,3)24-15(22)19-12-7-6-11(13(18)8-12)9-20-14(21)17(4,5)10-23-20/h6-8H,9-10H2,1-5H3,(H,19,22). The fraction of sp³-hybridized carbons (Fsp3) is 0.529. The van der Waals surface area contributed by atoms with E-state index in [0.717, 1.165) is 5.56 Å². The van der Waals surface area contributed by atoms with Gasteiger partial charge in [-0.25, -0.2) is 9.86 Å². The first-order valence-corrected chi connectivity index (χ1v) is 8.09. The summed E-state index contributed by atoms with van der Waals surface area (Å²) in [5.74, 6) is -0.0745. The number of nitrogens with zero attached hydrogens (tertiary/aromatic N) is 1. The third kappa shape index (κ3) is 4.61. The Bertz CT molecular complexity index is 652. The van der Waals surface area contributed by atoms with Crippen LogP contribution in [-0.2, 0) is 20.9 Å². The van der Waals surface area contributed by atoms with Gasteiger partial charge in [0.15, 0.2) is 0 Å². The topological polar surface area (TPSA) is 67.9 Å². The number of carbonyl (C=O) groups excluding carboxylic acids is 2. The third-order valence-electron chi connectivity index (χ3n) is 3.40. The molecule has 1 N–H and O–H groups in total. The zero-order valence-corrected chi connectivity index (χ0v) is 15.4. The monoisotopic (exact) mass is 354 g/mol. The minimum Gasteiger partial charge on any atom is -0.444 e. The van der Waals surface area contributed by atoms with E-state index in [1.54, 1.807) is 39.0 Å². The largest absolute Gasteiger partial charge is 0.444 e. The zero-order chi connectivity index (χ0) is 18.1. The van der Waals surface area contributed by atoms with Crippen molar-refractivity contribution in [3.05, 3.63) is 28.8 Å². The van der Waals surface area contributed by atoms with E-state index in [-0.39, 0.29) is 12.5 Å². The van der Waals surface area contributed by atoms with Crippen molar-refractivity contribution in [2.75, 3.05) is 11.9 Å². The number of amides is 2. The van der Waals surface area contributed by atoms with Crippen molar-refractivity contribution in [2.24, 2.45) is 5.41 Å². The van der Waals surface area contributed by atoms with Gasteiger partial charge in [-0.05, 0) is 52.3 Å². The van der Waals surface area contributed by atoms with Gasteiger partial charge in [-0.2, -0.15) is 0 Å². The highest BCUT2D eigenvalue weighted by Crippen LogP contribution is 2.30. The predicted octanol–water partition coefficient (Wildman–Crippen LogP) is 3.99. The molecule has 0 aromatic heterocycles. The molecule has 1 fully saturated rings. The number of ether oxygens (including phenoxy) is 1. The molecular formula is C17H23ClN2O4. The summed E-state index contributed by atoms with van der Waals surface area (Å²) in [4.78, 5) is 29.4. The number of hydroxylamine groups is 2. The van der Waals surface area contributed by atoms with Crippen LogP contribution in [0.3, 0.4) is 0 Å². The molecule has 2 rings (SSSR count). The highest BCUT2D eigenvalue weighted by atomic mass is 35.5. The molecule has 6 nitrogen and oxygen atoms in total. The Hall–Kier alpha value is -1.79. The minimum atomic E-state index is -0.575. The normalized spacial score (nSPS) is 17.1. The number of rotatable bonds is 3. The quantitative estimate of drug-likeness (QED) is 0.891. The highest BCUT2D eigenvalue weighted by Gasteiger charge is 2.40. The van der Waals surface area contributed by atoms with Crippen molar-refractivity contribution in [2.45, 2.75) is 46.8 Å². The van der Waals surface area contributed by atoms with Crippen LogP contribution in [-0.4, -0.2) is 29.3 Å². The van der Waals surface area contributed by atoms with Crippen molar-refractivity contribution in [1.82, 2.24) is 5.06 Å². The van der Waals surface area contributed by atoms with Crippen molar-refractivity contribution in [3.63, 3.8) is 0 Å². The van der Waals surface area contributed by atoms with Gasteiger partial charge in [0.2, 0.25) is 0 Å². The lowest BCUT2D eigenvalue weighted by Gasteiger charge is -2.20. The molecule has 1 aliphatic rings. The summed E-state index contributed by atoms with van der Waals surface area (Å²) in [6, 6.07) is 5.07. The maximum atomic E-state index is 12.2. The molecule has 0 spiro atoms. The van der Waals surface area contributed by atoms with Crippen LogP contribution in [0.5, 0.6) is 0 Å². The highest BCUT2D eigenvalue weighted by molar-refractivity contribution is 6.31. The smallest absolute Gasteiger partial charge is 0.412 e. The molecule has 1 aromatic rings. The Morgan fingerprint density at radius 1 is 1.42 bits per heavy atom. The fourth-order valence-corrected chi connectivity index (χ4v) is 2.38. The first kappa shape index (κ1) is 18.5. The molecule has 0 radical (unpaired) electrons. The molecule has 1 heterocycles. The predicted molar refractivity (Wildman–Crippen MR) is 91.6 cm³/mol. The Labute approximate surface area is 147 Å².